The predicted molar refractivity (Wildman–Crippen MR) is 93.2 cm³/mol. The Bertz CT molecular complexity index is 986. The molecule has 0 heterocycles. The highest BCUT2D eigenvalue weighted by atomic mass is 19.1. The van der Waals surface area contributed by atoms with Gasteiger partial charge in [-0.15, -0.1) is 0 Å². The lowest BCUT2D eigenvalue weighted by Crippen LogP contribution is -2.34. The summed E-state index contributed by atoms with van der Waals surface area (Å²) in [7, 11) is 0. The van der Waals surface area contributed by atoms with Gasteiger partial charge in [0.15, 0.2) is 0 Å². The minimum absolute atomic E-state index is 0.180. The van der Waals surface area contributed by atoms with Crippen LogP contribution in [0.2, 0.25) is 0 Å². The number of aryl methyl sites for hydroxylation is 1. The van der Waals surface area contributed by atoms with Gasteiger partial charge >= 0.3 is 6.03 Å². The van der Waals surface area contributed by atoms with Crippen LogP contribution in [0.1, 0.15) is 15.9 Å². The maximum atomic E-state index is 13.1. The molecule has 0 bridgehead atoms. The van der Waals surface area contributed by atoms with Crippen molar-refractivity contribution in [2.24, 2.45) is 0 Å². The van der Waals surface area contributed by atoms with Gasteiger partial charge in [-0.25, -0.2) is 9.18 Å². The van der Waals surface area contributed by atoms with Crippen LogP contribution in [0.15, 0.2) is 54.6 Å². The molecule has 3 aromatic carbocycles. The van der Waals surface area contributed by atoms with E-state index in [0.717, 1.165) is 16.8 Å². The molecule has 126 valence electrons. The molecule has 3 rings (SSSR count). The zero-order valence-electron chi connectivity index (χ0n) is 13.3. The van der Waals surface area contributed by atoms with Gasteiger partial charge in [0.2, 0.25) is 0 Å². The van der Waals surface area contributed by atoms with Crippen LogP contribution in [-0.4, -0.2) is 17.0 Å². The highest BCUT2D eigenvalue weighted by molar-refractivity contribution is 6.09. The Balaban J connectivity index is 1.75. The molecule has 0 aliphatic carbocycles. The maximum Gasteiger partial charge on any atom is 0.326 e. The molecule has 5 nitrogen and oxygen atoms in total. The highest BCUT2D eigenvalue weighted by Gasteiger charge is 2.12. The zero-order valence-corrected chi connectivity index (χ0v) is 13.3. The molecule has 3 N–H and O–H groups in total. The van der Waals surface area contributed by atoms with Crippen molar-refractivity contribution >= 4 is 28.4 Å². The van der Waals surface area contributed by atoms with Gasteiger partial charge in [0.1, 0.15) is 11.6 Å². The van der Waals surface area contributed by atoms with Crippen LogP contribution in [-0.2, 0) is 0 Å². The lowest BCUT2D eigenvalue weighted by molar-refractivity contribution is 0.0967. The number of rotatable bonds is 2. The number of phenolic OH excluding ortho intramolecular Hbond substituents is 1. The van der Waals surface area contributed by atoms with E-state index >= 15 is 0 Å². The maximum absolute atomic E-state index is 13.1. The number of amides is 3. The average molecular weight is 338 g/mol. The number of carbonyl (C=O) groups excluding carboxylic acids is 2. The molecule has 0 aromatic heterocycles. The SMILES string of the molecule is Cc1c(O)ccc2cc(C(=O)NC(=O)Nc3cccc(F)c3)ccc12. The summed E-state index contributed by atoms with van der Waals surface area (Å²) in [5.74, 6) is -0.891. The number of carbonyl (C=O) groups is 2. The van der Waals surface area contributed by atoms with Crippen molar-refractivity contribution in [3.05, 3.63) is 71.5 Å². The van der Waals surface area contributed by atoms with E-state index < -0.39 is 17.8 Å². The van der Waals surface area contributed by atoms with Gasteiger partial charge in [-0.05, 0) is 59.7 Å². The summed E-state index contributed by atoms with van der Waals surface area (Å²) in [6, 6.07) is 12.8. The normalized spacial score (nSPS) is 10.5. The molecule has 0 radical (unpaired) electrons. The number of aromatic hydroxyl groups is 1. The molecule has 3 amide bonds. The number of phenols is 1. The minimum Gasteiger partial charge on any atom is -0.508 e. The summed E-state index contributed by atoms with van der Waals surface area (Å²) >= 11 is 0. The van der Waals surface area contributed by atoms with Gasteiger partial charge < -0.3 is 10.4 Å². The Morgan fingerprint density at radius 3 is 2.60 bits per heavy atom. The number of urea groups is 1. The van der Waals surface area contributed by atoms with Crippen molar-refractivity contribution in [3.8, 4) is 5.75 Å². The summed E-state index contributed by atoms with van der Waals surface area (Å²) in [6.45, 7) is 1.78. The number of imide groups is 1. The molecule has 0 aliphatic rings. The topological polar surface area (TPSA) is 78.4 Å². The Morgan fingerprint density at radius 2 is 1.84 bits per heavy atom. The van der Waals surface area contributed by atoms with E-state index in [1.54, 1.807) is 37.3 Å². The third-order valence-corrected chi connectivity index (χ3v) is 3.83. The monoisotopic (exact) mass is 338 g/mol. The second-order valence-electron chi connectivity index (χ2n) is 5.56. The summed E-state index contributed by atoms with van der Waals surface area (Å²) in [4.78, 5) is 24.1. The van der Waals surface area contributed by atoms with Crippen molar-refractivity contribution in [1.82, 2.24) is 5.32 Å². The first kappa shape index (κ1) is 16.4. The van der Waals surface area contributed by atoms with Gasteiger partial charge in [-0.2, -0.15) is 0 Å². The van der Waals surface area contributed by atoms with Crippen molar-refractivity contribution < 1.29 is 19.1 Å². The van der Waals surface area contributed by atoms with Crippen LogP contribution in [0.4, 0.5) is 14.9 Å². The number of hydrogen-bond donors (Lipinski definition) is 3. The van der Waals surface area contributed by atoms with E-state index in [4.69, 9.17) is 0 Å². The largest absolute Gasteiger partial charge is 0.508 e. The van der Waals surface area contributed by atoms with Crippen molar-refractivity contribution in [3.63, 3.8) is 0 Å². The second-order valence-corrected chi connectivity index (χ2v) is 5.56. The van der Waals surface area contributed by atoms with E-state index in [0.29, 0.717) is 11.1 Å². The summed E-state index contributed by atoms with van der Waals surface area (Å²) in [6.07, 6.45) is 0. The van der Waals surface area contributed by atoms with Gasteiger partial charge in [0.05, 0.1) is 0 Å². The Kier molecular flexibility index (Phi) is 4.35. The van der Waals surface area contributed by atoms with Gasteiger partial charge in [0.25, 0.3) is 5.91 Å². The molecule has 6 heteroatoms. The van der Waals surface area contributed by atoms with E-state index in [9.17, 15) is 19.1 Å². The van der Waals surface area contributed by atoms with Crippen LogP contribution >= 0.6 is 0 Å². The number of halogens is 1. The van der Waals surface area contributed by atoms with Crippen LogP contribution in [0.5, 0.6) is 5.75 Å². The predicted octanol–water partition coefficient (Wildman–Crippen LogP) is 3.95. The van der Waals surface area contributed by atoms with Gasteiger partial charge in [-0.3, -0.25) is 10.1 Å². The second kappa shape index (κ2) is 6.60. The highest BCUT2D eigenvalue weighted by Crippen LogP contribution is 2.26. The van der Waals surface area contributed by atoms with E-state index in [1.807, 2.05) is 0 Å². The molecule has 25 heavy (non-hydrogen) atoms. The zero-order chi connectivity index (χ0) is 18.0. The number of benzene rings is 3. The van der Waals surface area contributed by atoms with Crippen LogP contribution in [0.25, 0.3) is 10.8 Å². The van der Waals surface area contributed by atoms with E-state index in [-0.39, 0.29) is 11.4 Å². The first-order chi connectivity index (χ1) is 11.9. The molecule has 0 fully saturated rings. The smallest absolute Gasteiger partial charge is 0.326 e. The summed E-state index contributed by atoms with van der Waals surface area (Å²) in [5.41, 5.74) is 1.26. The third-order valence-electron chi connectivity index (χ3n) is 3.83. The molecule has 0 atom stereocenters. The number of hydrogen-bond acceptors (Lipinski definition) is 3. The minimum atomic E-state index is -0.752. The van der Waals surface area contributed by atoms with E-state index in [2.05, 4.69) is 10.6 Å². The van der Waals surface area contributed by atoms with Crippen LogP contribution < -0.4 is 10.6 Å². The molecule has 3 aromatic rings. The van der Waals surface area contributed by atoms with Crippen molar-refractivity contribution in [1.29, 1.82) is 0 Å². The molecule has 0 saturated heterocycles. The molecular formula is C19H15FN2O3. The van der Waals surface area contributed by atoms with Crippen LogP contribution in [0, 0.1) is 12.7 Å². The first-order valence-corrected chi connectivity index (χ1v) is 7.54. The number of fused-ring (bicyclic) bond motifs is 1. The van der Waals surface area contributed by atoms with Gasteiger partial charge in [-0.1, -0.05) is 18.2 Å². The van der Waals surface area contributed by atoms with Crippen molar-refractivity contribution in [2.45, 2.75) is 6.92 Å². The fourth-order valence-corrected chi connectivity index (χ4v) is 2.52. The average Bonchev–Trinajstić information content (AvgIpc) is 2.57. The number of anilines is 1. The fraction of sp³-hybridized carbons (Fsp3) is 0.0526. The molecule has 0 aliphatic heterocycles. The summed E-state index contributed by atoms with van der Waals surface area (Å²) < 4.78 is 13.1. The lowest BCUT2D eigenvalue weighted by Gasteiger charge is -2.09. The van der Waals surface area contributed by atoms with Crippen LogP contribution in [0.3, 0.4) is 0 Å². The standard InChI is InChI=1S/C19H15FN2O3/c1-11-16-7-5-13(9-12(16)6-8-17(11)23)18(24)22-19(25)21-15-4-2-3-14(20)10-15/h2-10,23H,1H3,(H2,21,22,24,25). The third kappa shape index (κ3) is 3.58. The molecule has 0 unspecified atom stereocenters. The quantitative estimate of drug-likeness (QED) is 0.662. The Morgan fingerprint density at radius 1 is 1.04 bits per heavy atom. The Labute approximate surface area is 143 Å². The lowest BCUT2D eigenvalue weighted by atomic mass is 10.0. The fourth-order valence-electron chi connectivity index (χ4n) is 2.52. The molecule has 0 saturated carbocycles. The molecule has 0 spiro atoms. The van der Waals surface area contributed by atoms with Gasteiger partial charge in [0, 0.05) is 11.3 Å². The van der Waals surface area contributed by atoms with E-state index in [1.165, 1.54) is 18.2 Å². The Hall–Kier alpha value is -3.41. The first-order valence-electron chi connectivity index (χ1n) is 7.54. The molecular weight excluding hydrogens is 323 g/mol. The summed E-state index contributed by atoms with van der Waals surface area (Å²) in [5, 5.41) is 15.9. The number of nitrogens with one attached hydrogen (secondary N) is 2. The van der Waals surface area contributed by atoms with Crippen molar-refractivity contribution in [2.75, 3.05) is 5.32 Å².